The average Bonchev–Trinajstić information content (AvgIpc) is 2.44. The van der Waals surface area contributed by atoms with Gasteiger partial charge in [0.15, 0.2) is 0 Å². The van der Waals surface area contributed by atoms with E-state index in [1.807, 2.05) is 37.3 Å². The summed E-state index contributed by atoms with van der Waals surface area (Å²) in [7, 11) is 0. The van der Waals surface area contributed by atoms with Gasteiger partial charge in [-0.1, -0.05) is 36.8 Å². The van der Waals surface area contributed by atoms with Crippen molar-refractivity contribution in [3.05, 3.63) is 35.9 Å². The van der Waals surface area contributed by atoms with Gasteiger partial charge in [0.1, 0.15) is 12.6 Å². The van der Waals surface area contributed by atoms with Crippen molar-refractivity contribution < 1.29 is 9.59 Å². The highest BCUT2D eigenvalue weighted by atomic mass is 16.2. The first-order valence-electron chi connectivity index (χ1n) is 7.77. The predicted molar refractivity (Wildman–Crippen MR) is 80.4 cm³/mol. The van der Waals surface area contributed by atoms with E-state index < -0.39 is 0 Å². The van der Waals surface area contributed by atoms with Crippen LogP contribution >= 0.6 is 0 Å². The smallest absolute Gasteiger partial charge is 0.245 e. The van der Waals surface area contributed by atoms with Crippen LogP contribution < -0.4 is 0 Å². The monoisotopic (exact) mass is 286 g/mol. The lowest BCUT2D eigenvalue weighted by Gasteiger charge is -2.41. The Morgan fingerprint density at radius 1 is 1.14 bits per heavy atom. The molecule has 0 unspecified atom stereocenters. The maximum absolute atomic E-state index is 12.5. The summed E-state index contributed by atoms with van der Waals surface area (Å²) in [5, 5.41) is 0. The predicted octanol–water partition coefficient (Wildman–Crippen LogP) is 2.05. The quantitative estimate of drug-likeness (QED) is 0.850. The Hall–Kier alpha value is -1.84. The van der Waals surface area contributed by atoms with Crippen LogP contribution in [0.1, 0.15) is 31.7 Å². The molecule has 1 aliphatic carbocycles. The Bertz CT molecular complexity index is 525. The normalized spacial score (nSPS) is 23.4. The van der Waals surface area contributed by atoms with Crippen molar-refractivity contribution in [1.29, 1.82) is 0 Å². The number of hydrogen-bond acceptors (Lipinski definition) is 2. The largest absolute Gasteiger partial charge is 0.329 e. The highest BCUT2D eigenvalue weighted by Crippen LogP contribution is 2.29. The van der Waals surface area contributed by atoms with Gasteiger partial charge in [0, 0.05) is 13.1 Å². The molecule has 0 N–H and O–H groups in total. The molecule has 4 heteroatoms. The maximum atomic E-state index is 12.5. The van der Waals surface area contributed by atoms with Gasteiger partial charge in [-0.15, -0.1) is 0 Å². The molecular formula is C17H22N2O2. The summed E-state index contributed by atoms with van der Waals surface area (Å²) in [5.74, 6) is 0.757. The lowest BCUT2D eigenvalue weighted by Crippen LogP contribution is -2.59. The third-order valence-corrected chi connectivity index (χ3v) is 4.68. The molecule has 0 aromatic heterocycles. The third-order valence-electron chi connectivity index (χ3n) is 4.68. The minimum atomic E-state index is -0.324. The van der Waals surface area contributed by atoms with Crippen molar-refractivity contribution in [2.24, 2.45) is 5.92 Å². The Morgan fingerprint density at radius 3 is 2.48 bits per heavy atom. The minimum absolute atomic E-state index is 0.0674. The Labute approximate surface area is 125 Å². The summed E-state index contributed by atoms with van der Waals surface area (Å²) in [5.41, 5.74) is 1.07. The SMILES string of the molecule is C[C@H]1C(=O)N(Cc2ccccc2)CC(=O)N1CC1CCC1. The fourth-order valence-corrected chi connectivity index (χ4v) is 3.10. The molecule has 1 atom stereocenters. The van der Waals surface area contributed by atoms with Crippen LogP contribution in [0.4, 0.5) is 0 Å². The van der Waals surface area contributed by atoms with E-state index in [0.717, 1.165) is 12.1 Å². The second kappa shape index (κ2) is 5.88. The highest BCUT2D eigenvalue weighted by molar-refractivity contribution is 5.94. The molecule has 3 rings (SSSR count). The first-order valence-corrected chi connectivity index (χ1v) is 7.77. The lowest BCUT2D eigenvalue weighted by molar-refractivity contribution is -0.156. The van der Waals surface area contributed by atoms with E-state index in [1.54, 1.807) is 9.80 Å². The molecule has 2 fully saturated rings. The van der Waals surface area contributed by atoms with Gasteiger partial charge < -0.3 is 9.80 Å². The van der Waals surface area contributed by atoms with E-state index in [-0.39, 0.29) is 24.4 Å². The van der Waals surface area contributed by atoms with Crippen molar-refractivity contribution in [2.45, 2.75) is 38.8 Å². The molecule has 2 amide bonds. The van der Waals surface area contributed by atoms with Crippen LogP contribution in [0.15, 0.2) is 30.3 Å². The number of hydrogen-bond donors (Lipinski definition) is 0. The summed E-state index contributed by atoms with van der Waals surface area (Å²) >= 11 is 0. The van der Waals surface area contributed by atoms with Crippen molar-refractivity contribution >= 4 is 11.8 Å². The zero-order valence-corrected chi connectivity index (χ0v) is 12.5. The summed E-state index contributed by atoms with van der Waals surface area (Å²) < 4.78 is 0. The topological polar surface area (TPSA) is 40.6 Å². The van der Waals surface area contributed by atoms with Gasteiger partial charge in [0.05, 0.1) is 0 Å². The first-order chi connectivity index (χ1) is 10.1. The zero-order chi connectivity index (χ0) is 14.8. The Balaban J connectivity index is 1.66. The Morgan fingerprint density at radius 2 is 1.86 bits per heavy atom. The Kier molecular flexibility index (Phi) is 3.95. The molecule has 1 aromatic rings. The molecule has 1 saturated carbocycles. The molecule has 112 valence electrons. The first kappa shape index (κ1) is 14.1. The van der Waals surface area contributed by atoms with Gasteiger partial charge in [-0.25, -0.2) is 0 Å². The minimum Gasteiger partial charge on any atom is -0.329 e. The van der Waals surface area contributed by atoms with Gasteiger partial charge >= 0.3 is 0 Å². The third kappa shape index (κ3) is 2.94. The van der Waals surface area contributed by atoms with Gasteiger partial charge in [-0.2, -0.15) is 0 Å². The maximum Gasteiger partial charge on any atom is 0.245 e. The second-order valence-electron chi connectivity index (χ2n) is 6.20. The van der Waals surface area contributed by atoms with Crippen molar-refractivity contribution in [1.82, 2.24) is 9.80 Å². The number of benzene rings is 1. The van der Waals surface area contributed by atoms with Crippen LogP contribution in [0.2, 0.25) is 0 Å². The van der Waals surface area contributed by atoms with Gasteiger partial charge in [-0.05, 0) is 31.2 Å². The van der Waals surface area contributed by atoms with E-state index in [4.69, 9.17) is 0 Å². The number of carbonyl (C=O) groups excluding carboxylic acids is 2. The molecule has 0 spiro atoms. The van der Waals surface area contributed by atoms with E-state index in [1.165, 1.54) is 19.3 Å². The standard InChI is InChI=1S/C17H22N2O2/c1-13-17(21)18(10-14-6-3-2-4-7-14)12-16(20)19(13)11-15-8-5-9-15/h2-4,6-7,13,15H,5,8-12H2,1H3/t13-/m0/s1. The van der Waals surface area contributed by atoms with E-state index in [0.29, 0.717) is 12.5 Å². The molecule has 1 aliphatic heterocycles. The molecular weight excluding hydrogens is 264 g/mol. The zero-order valence-electron chi connectivity index (χ0n) is 12.5. The summed E-state index contributed by atoms with van der Waals surface area (Å²) in [4.78, 5) is 28.3. The van der Waals surface area contributed by atoms with Crippen molar-refractivity contribution in [3.8, 4) is 0 Å². The molecule has 0 bridgehead atoms. The van der Waals surface area contributed by atoms with Crippen molar-refractivity contribution in [2.75, 3.05) is 13.1 Å². The van der Waals surface area contributed by atoms with Crippen LogP contribution in [-0.4, -0.2) is 40.7 Å². The van der Waals surface area contributed by atoms with Crippen LogP contribution in [-0.2, 0) is 16.1 Å². The van der Waals surface area contributed by atoms with E-state index in [2.05, 4.69) is 0 Å². The number of nitrogens with zero attached hydrogens (tertiary/aromatic N) is 2. The van der Waals surface area contributed by atoms with E-state index in [9.17, 15) is 9.59 Å². The molecule has 1 heterocycles. The lowest BCUT2D eigenvalue weighted by atomic mass is 9.84. The number of rotatable bonds is 4. The van der Waals surface area contributed by atoms with Gasteiger partial charge in [0.2, 0.25) is 11.8 Å². The van der Waals surface area contributed by atoms with Gasteiger partial charge in [-0.3, -0.25) is 9.59 Å². The van der Waals surface area contributed by atoms with Crippen molar-refractivity contribution in [3.63, 3.8) is 0 Å². The summed E-state index contributed by atoms with van der Waals surface area (Å²) in [6, 6.07) is 9.52. The summed E-state index contributed by atoms with van der Waals surface area (Å²) in [6.45, 7) is 3.35. The second-order valence-corrected chi connectivity index (χ2v) is 6.20. The molecule has 1 aromatic carbocycles. The molecule has 2 aliphatic rings. The van der Waals surface area contributed by atoms with E-state index >= 15 is 0 Å². The summed E-state index contributed by atoms with van der Waals surface area (Å²) in [6.07, 6.45) is 3.64. The number of piperazine rings is 1. The number of carbonyl (C=O) groups is 2. The molecule has 21 heavy (non-hydrogen) atoms. The average molecular weight is 286 g/mol. The van der Waals surface area contributed by atoms with Gasteiger partial charge in [0.25, 0.3) is 0 Å². The molecule has 1 saturated heterocycles. The fourth-order valence-electron chi connectivity index (χ4n) is 3.10. The molecule has 0 radical (unpaired) electrons. The van der Waals surface area contributed by atoms with Crippen LogP contribution in [0.3, 0.4) is 0 Å². The van der Waals surface area contributed by atoms with Crippen LogP contribution in [0.25, 0.3) is 0 Å². The van der Waals surface area contributed by atoms with Crippen LogP contribution in [0.5, 0.6) is 0 Å². The number of amides is 2. The molecule has 4 nitrogen and oxygen atoms in total. The van der Waals surface area contributed by atoms with Crippen LogP contribution in [0, 0.1) is 5.92 Å². The highest BCUT2D eigenvalue weighted by Gasteiger charge is 2.37. The fraction of sp³-hybridized carbons (Fsp3) is 0.529.